The summed E-state index contributed by atoms with van der Waals surface area (Å²) in [5, 5.41) is 5.29. The zero-order valence-corrected chi connectivity index (χ0v) is 14.3. The molecule has 4 aromatic carbocycles. The lowest BCUT2D eigenvalue weighted by molar-refractivity contribution is 0.734. The van der Waals surface area contributed by atoms with Crippen molar-refractivity contribution in [2.45, 2.75) is 26.2 Å². The molecule has 0 aliphatic carbocycles. The van der Waals surface area contributed by atoms with Crippen LogP contribution in [-0.2, 0) is 0 Å². The van der Waals surface area contributed by atoms with Gasteiger partial charge in [-0.1, -0.05) is 86.6 Å². The third-order valence-electron chi connectivity index (χ3n) is 5.17. The summed E-state index contributed by atoms with van der Waals surface area (Å²) in [6.45, 7) is 4.54. The van der Waals surface area contributed by atoms with Crippen molar-refractivity contribution in [3.05, 3.63) is 84.4 Å². The molecular formula is C24H22. The van der Waals surface area contributed by atoms with Crippen molar-refractivity contribution in [2.75, 3.05) is 0 Å². The van der Waals surface area contributed by atoms with E-state index in [1.807, 2.05) is 0 Å². The molecule has 4 rings (SSSR count). The van der Waals surface area contributed by atoms with Crippen LogP contribution in [0.15, 0.2) is 78.9 Å². The first kappa shape index (κ1) is 15.0. The number of hydrogen-bond donors (Lipinski definition) is 0. The van der Waals surface area contributed by atoms with Gasteiger partial charge >= 0.3 is 0 Å². The Kier molecular flexibility index (Phi) is 3.82. The van der Waals surface area contributed by atoms with Crippen molar-refractivity contribution in [1.82, 2.24) is 0 Å². The SMILES string of the molecule is CCC(C)c1ccc(-c2cc3ccccc3c3ccccc23)cc1. The van der Waals surface area contributed by atoms with Crippen LogP contribution in [0.1, 0.15) is 31.7 Å². The molecule has 0 heterocycles. The second-order valence-electron chi connectivity index (χ2n) is 6.62. The van der Waals surface area contributed by atoms with Crippen LogP contribution >= 0.6 is 0 Å². The molecule has 0 aliphatic rings. The molecular weight excluding hydrogens is 288 g/mol. The summed E-state index contributed by atoms with van der Waals surface area (Å²) in [5.41, 5.74) is 4.04. The Hall–Kier alpha value is -2.60. The van der Waals surface area contributed by atoms with Gasteiger partial charge in [-0.25, -0.2) is 0 Å². The molecule has 0 aliphatic heterocycles. The average molecular weight is 310 g/mol. The fourth-order valence-corrected chi connectivity index (χ4v) is 3.52. The molecule has 1 unspecified atom stereocenters. The van der Waals surface area contributed by atoms with Crippen LogP contribution in [0.4, 0.5) is 0 Å². The molecule has 0 heteroatoms. The van der Waals surface area contributed by atoms with Crippen LogP contribution in [0.5, 0.6) is 0 Å². The summed E-state index contributed by atoms with van der Waals surface area (Å²) >= 11 is 0. The van der Waals surface area contributed by atoms with Crippen molar-refractivity contribution in [3.8, 4) is 11.1 Å². The lowest BCUT2D eigenvalue weighted by atomic mass is 9.91. The van der Waals surface area contributed by atoms with E-state index in [-0.39, 0.29) is 0 Å². The van der Waals surface area contributed by atoms with Crippen LogP contribution in [-0.4, -0.2) is 0 Å². The van der Waals surface area contributed by atoms with Crippen molar-refractivity contribution >= 4 is 21.5 Å². The molecule has 0 nitrogen and oxygen atoms in total. The van der Waals surface area contributed by atoms with E-state index in [4.69, 9.17) is 0 Å². The maximum Gasteiger partial charge on any atom is -0.00990 e. The average Bonchev–Trinajstić information content (AvgIpc) is 2.67. The Balaban J connectivity index is 1.95. The summed E-state index contributed by atoms with van der Waals surface area (Å²) < 4.78 is 0. The van der Waals surface area contributed by atoms with E-state index in [9.17, 15) is 0 Å². The van der Waals surface area contributed by atoms with Gasteiger partial charge in [0, 0.05) is 0 Å². The predicted molar refractivity (Wildman–Crippen MR) is 106 cm³/mol. The number of benzene rings is 4. The molecule has 0 saturated heterocycles. The quantitative estimate of drug-likeness (QED) is 0.352. The normalized spacial score (nSPS) is 12.6. The molecule has 0 radical (unpaired) electrons. The molecule has 0 aromatic heterocycles. The monoisotopic (exact) mass is 310 g/mol. The van der Waals surface area contributed by atoms with E-state index in [1.165, 1.54) is 44.7 Å². The minimum Gasteiger partial charge on any atom is -0.0648 e. The van der Waals surface area contributed by atoms with Gasteiger partial charge in [-0.15, -0.1) is 0 Å². The maximum atomic E-state index is 2.33. The Morgan fingerprint density at radius 1 is 0.708 bits per heavy atom. The highest BCUT2D eigenvalue weighted by Crippen LogP contribution is 2.35. The van der Waals surface area contributed by atoms with Gasteiger partial charge < -0.3 is 0 Å². The van der Waals surface area contributed by atoms with E-state index < -0.39 is 0 Å². The second-order valence-corrected chi connectivity index (χ2v) is 6.62. The summed E-state index contributed by atoms with van der Waals surface area (Å²) in [6.07, 6.45) is 1.18. The van der Waals surface area contributed by atoms with Gasteiger partial charge in [0.25, 0.3) is 0 Å². The minimum absolute atomic E-state index is 0.618. The van der Waals surface area contributed by atoms with Crippen molar-refractivity contribution in [1.29, 1.82) is 0 Å². The fourth-order valence-electron chi connectivity index (χ4n) is 3.52. The Morgan fingerprint density at radius 3 is 2.04 bits per heavy atom. The van der Waals surface area contributed by atoms with Crippen LogP contribution in [0.2, 0.25) is 0 Å². The maximum absolute atomic E-state index is 2.33. The highest BCUT2D eigenvalue weighted by atomic mass is 14.1. The van der Waals surface area contributed by atoms with Gasteiger partial charge in [0.1, 0.15) is 0 Å². The molecule has 0 saturated carbocycles. The van der Waals surface area contributed by atoms with E-state index in [0.29, 0.717) is 5.92 Å². The zero-order valence-electron chi connectivity index (χ0n) is 14.3. The Morgan fingerprint density at radius 2 is 1.33 bits per heavy atom. The van der Waals surface area contributed by atoms with Crippen molar-refractivity contribution in [2.24, 2.45) is 0 Å². The first-order valence-electron chi connectivity index (χ1n) is 8.78. The van der Waals surface area contributed by atoms with E-state index in [1.54, 1.807) is 0 Å². The molecule has 1 atom stereocenters. The van der Waals surface area contributed by atoms with Gasteiger partial charge in [-0.05, 0) is 56.6 Å². The number of rotatable bonds is 3. The van der Waals surface area contributed by atoms with Crippen LogP contribution in [0, 0.1) is 0 Å². The highest BCUT2D eigenvalue weighted by Gasteiger charge is 2.09. The van der Waals surface area contributed by atoms with E-state index in [2.05, 4.69) is 92.7 Å². The standard InChI is InChI=1S/C24H22/c1-3-17(2)18-12-14-19(15-13-18)24-16-20-8-4-5-9-21(20)22-10-6-7-11-23(22)24/h4-17H,3H2,1-2H3. The Bertz CT molecular complexity index is 993. The summed E-state index contributed by atoms with van der Waals surface area (Å²) in [4.78, 5) is 0. The fraction of sp³-hybridized carbons (Fsp3) is 0.167. The van der Waals surface area contributed by atoms with Crippen LogP contribution in [0.3, 0.4) is 0 Å². The zero-order chi connectivity index (χ0) is 16.5. The van der Waals surface area contributed by atoms with Crippen molar-refractivity contribution in [3.63, 3.8) is 0 Å². The summed E-state index contributed by atoms with van der Waals surface area (Å²) in [7, 11) is 0. The van der Waals surface area contributed by atoms with Gasteiger partial charge in [0.2, 0.25) is 0 Å². The molecule has 0 N–H and O–H groups in total. The van der Waals surface area contributed by atoms with Gasteiger partial charge in [0.05, 0.1) is 0 Å². The van der Waals surface area contributed by atoms with Crippen LogP contribution in [0.25, 0.3) is 32.7 Å². The molecule has 24 heavy (non-hydrogen) atoms. The summed E-state index contributed by atoms with van der Waals surface area (Å²) in [6, 6.07) is 28.8. The lowest BCUT2D eigenvalue weighted by Gasteiger charge is -2.13. The number of fused-ring (bicyclic) bond motifs is 3. The largest absolute Gasteiger partial charge is 0.0648 e. The van der Waals surface area contributed by atoms with Gasteiger partial charge in [-0.3, -0.25) is 0 Å². The van der Waals surface area contributed by atoms with Crippen LogP contribution < -0.4 is 0 Å². The van der Waals surface area contributed by atoms with Gasteiger partial charge in [-0.2, -0.15) is 0 Å². The lowest BCUT2D eigenvalue weighted by Crippen LogP contribution is -1.91. The first-order valence-corrected chi connectivity index (χ1v) is 8.78. The molecule has 4 aromatic rings. The molecule has 0 amide bonds. The summed E-state index contributed by atoms with van der Waals surface area (Å²) in [5.74, 6) is 0.618. The Labute approximate surface area is 143 Å². The highest BCUT2D eigenvalue weighted by molar-refractivity contribution is 6.13. The molecule has 0 fully saturated rings. The van der Waals surface area contributed by atoms with E-state index in [0.717, 1.165) is 0 Å². The third-order valence-corrected chi connectivity index (χ3v) is 5.17. The van der Waals surface area contributed by atoms with Crippen molar-refractivity contribution < 1.29 is 0 Å². The molecule has 0 bridgehead atoms. The second kappa shape index (κ2) is 6.13. The predicted octanol–water partition coefficient (Wildman–Crippen LogP) is 7.17. The smallest absolute Gasteiger partial charge is 0.00990 e. The first-order chi connectivity index (χ1) is 11.8. The molecule has 0 spiro atoms. The third kappa shape index (κ3) is 2.49. The topological polar surface area (TPSA) is 0 Å². The minimum atomic E-state index is 0.618. The molecule has 118 valence electrons. The van der Waals surface area contributed by atoms with Gasteiger partial charge in [0.15, 0.2) is 0 Å². The van der Waals surface area contributed by atoms with E-state index >= 15 is 0 Å². The number of hydrogen-bond acceptors (Lipinski definition) is 0.